The second-order valence-electron chi connectivity index (χ2n) is 6.14. The van der Waals surface area contributed by atoms with E-state index in [4.69, 9.17) is 9.47 Å². The summed E-state index contributed by atoms with van der Waals surface area (Å²) in [4.78, 5) is 29.3. The molecule has 0 atom stereocenters. The van der Waals surface area contributed by atoms with Crippen molar-refractivity contribution >= 4 is 33.4 Å². The first-order chi connectivity index (χ1) is 12.1. The Morgan fingerprint density at radius 3 is 2.68 bits per heavy atom. The summed E-state index contributed by atoms with van der Waals surface area (Å²) in [5, 5.41) is 0. The molecule has 1 aliphatic carbocycles. The van der Waals surface area contributed by atoms with Crippen LogP contribution < -0.4 is 9.54 Å². The fourth-order valence-electron chi connectivity index (χ4n) is 3.22. The summed E-state index contributed by atoms with van der Waals surface area (Å²) in [5.41, 5.74) is 0.760. The van der Waals surface area contributed by atoms with Gasteiger partial charge in [0.05, 0.1) is 18.9 Å². The zero-order chi connectivity index (χ0) is 17.8. The Morgan fingerprint density at radius 1 is 1.24 bits per heavy atom. The summed E-state index contributed by atoms with van der Waals surface area (Å²) in [6.07, 6.45) is 5.13. The van der Waals surface area contributed by atoms with Crippen molar-refractivity contribution in [2.75, 3.05) is 14.2 Å². The Hall–Kier alpha value is -2.15. The highest BCUT2D eigenvalue weighted by molar-refractivity contribution is 7.16. The molecule has 0 radical (unpaired) electrons. The van der Waals surface area contributed by atoms with Crippen LogP contribution in [0.5, 0.6) is 5.75 Å². The van der Waals surface area contributed by atoms with Gasteiger partial charge in [-0.3, -0.25) is 9.59 Å². The van der Waals surface area contributed by atoms with Crippen LogP contribution in [0.1, 0.15) is 32.1 Å². The van der Waals surface area contributed by atoms with Crippen LogP contribution in [0.3, 0.4) is 0 Å². The molecule has 25 heavy (non-hydrogen) atoms. The summed E-state index contributed by atoms with van der Waals surface area (Å²) < 4.78 is 12.9. The molecule has 0 aliphatic heterocycles. The van der Waals surface area contributed by atoms with E-state index in [0.717, 1.165) is 35.9 Å². The quantitative estimate of drug-likeness (QED) is 0.784. The molecule has 1 heterocycles. The fraction of sp³-hybridized carbons (Fsp3) is 0.500. The molecule has 0 unspecified atom stereocenters. The van der Waals surface area contributed by atoms with Crippen molar-refractivity contribution in [1.82, 2.24) is 4.57 Å². The van der Waals surface area contributed by atoms with Gasteiger partial charge in [-0.1, -0.05) is 36.7 Å². The highest BCUT2D eigenvalue weighted by Gasteiger charge is 2.22. The van der Waals surface area contributed by atoms with Crippen molar-refractivity contribution < 1.29 is 19.1 Å². The topological polar surface area (TPSA) is 69.9 Å². The first kappa shape index (κ1) is 17.7. The van der Waals surface area contributed by atoms with E-state index >= 15 is 0 Å². The Bertz CT molecular complexity index is 846. The maximum atomic E-state index is 12.6. The molecule has 3 rings (SSSR count). The van der Waals surface area contributed by atoms with Gasteiger partial charge in [0, 0.05) is 5.92 Å². The Labute approximate surface area is 150 Å². The number of para-hydroxylation sites is 1. The number of hydrogen-bond acceptors (Lipinski definition) is 5. The van der Waals surface area contributed by atoms with Crippen LogP contribution in [0.15, 0.2) is 23.2 Å². The number of ether oxygens (including phenoxy) is 2. The van der Waals surface area contributed by atoms with Gasteiger partial charge in [-0.2, -0.15) is 4.99 Å². The van der Waals surface area contributed by atoms with E-state index in [1.165, 1.54) is 24.9 Å². The van der Waals surface area contributed by atoms with Crippen LogP contribution in [0.2, 0.25) is 0 Å². The monoisotopic (exact) mass is 362 g/mol. The maximum Gasteiger partial charge on any atom is 0.325 e. The summed E-state index contributed by atoms with van der Waals surface area (Å²) in [7, 11) is 2.93. The number of amides is 1. The van der Waals surface area contributed by atoms with Crippen LogP contribution in [0, 0.1) is 5.92 Å². The number of nitrogens with zero attached hydrogens (tertiary/aromatic N) is 2. The molecule has 1 fully saturated rings. The van der Waals surface area contributed by atoms with Crippen molar-refractivity contribution in [2.45, 2.75) is 38.6 Å². The van der Waals surface area contributed by atoms with Crippen molar-refractivity contribution in [3.63, 3.8) is 0 Å². The lowest BCUT2D eigenvalue weighted by molar-refractivity contribution is -0.141. The number of benzene rings is 1. The number of rotatable bonds is 4. The van der Waals surface area contributed by atoms with Gasteiger partial charge >= 0.3 is 5.97 Å². The Kier molecular flexibility index (Phi) is 5.53. The number of aromatic nitrogens is 1. The van der Waals surface area contributed by atoms with Gasteiger partial charge in [-0.15, -0.1) is 0 Å². The van der Waals surface area contributed by atoms with E-state index in [-0.39, 0.29) is 18.4 Å². The number of esters is 1. The van der Waals surface area contributed by atoms with Gasteiger partial charge in [-0.25, -0.2) is 0 Å². The summed E-state index contributed by atoms with van der Waals surface area (Å²) in [6, 6.07) is 5.64. The maximum absolute atomic E-state index is 12.6. The van der Waals surface area contributed by atoms with Gasteiger partial charge < -0.3 is 14.0 Å². The Morgan fingerprint density at radius 2 is 2.00 bits per heavy atom. The lowest BCUT2D eigenvalue weighted by Gasteiger charge is -2.17. The normalized spacial score (nSPS) is 16.2. The molecule has 0 spiro atoms. The summed E-state index contributed by atoms with van der Waals surface area (Å²) in [5.74, 6) is 0.151. The van der Waals surface area contributed by atoms with Crippen molar-refractivity contribution in [3.05, 3.63) is 23.0 Å². The largest absolute Gasteiger partial charge is 0.495 e. The van der Waals surface area contributed by atoms with Gasteiger partial charge in [-0.05, 0) is 25.0 Å². The van der Waals surface area contributed by atoms with Crippen LogP contribution >= 0.6 is 11.3 Å². The van der Waals surface area contributed by atoms with Gasteiger partial charge in [0.15, 0.2) is 4.80 Å². The molecule has 1 aromatic carbocycles. The van der Waals surface area contributed by atoms with Crippen molar-refractivity contribution in [3.8, 4) is 5.75 Å². The highest BCUT2D eigenvalue weighted by atomic mass is 32.1. The van der Waals surface area contributed by atoms with E-state index in [2.05, 4.69) is 4.99 Å². The molecule has 6 nitrogen and oxygen atoms in total. The molecule has 1 aliphatic rings. The number of thiazole rings is 1. The van der Waals surface area contributed by atoms with E-state index in [1.54, 1.807) is 11.7 Å². The van der Waals surface area contributed by atoms with Crippen molar-refractivity contribution in [1.29, 1.82) is 0 Å². The van der Waals surface area contributed by atoms with Gasteiger partial charge in [0.25, 0.3) is 5.91 Å². The summed E-state index contributed by atoms with van der Waals surface area (Å²) in [6.45, 7) is -0.00630. The van der Waals surface area contributed by atoms with Crippen LogP contribution in [0.4, 0.5) is 0 Å². The third-order valence-electron chi connectivity index (χ3n) is 4.56. The smallest absolute Gasteiger partial charge is 0.325 e. The van der Waals surface area contributed by atoms with Crippen LogP contribution in [-0.4, -0.2) is 30.7 Å². The van der Waals surface area contributed by atoms with E-state index in [0.29, 0.717) is 10.6 Å². The van der Waals surface area contributed by atoms with Gasteiger partial charge in [0.2, 0.25) is 0 Å². The molecular formula is C18H22N2O4S. The average Bonchev–Trinajstić information content (AvgIpc) is 2.99. The molecule has 1 aromatic heterocycles. The number of carbonyl (C=O) groups excluding carboxylic acids is 2. The van der Waals surface area contributed by atoms with Crippen molar-refractivity contribution in [2.24, 2.45) is 10.9 Å². The second-order valence-corrected chi connectivity index (χ2v) is 7.15. The van der Waals surface area contributed by atoms with Gasteiger partial charge in [0.1, 0.15) is 17.8 Å². The molecule has 7 heteroatoms. The standard InChI is InChI=1S/C18H22N2O4S/c1-23-13-9-6-10-14-16(13)20(11-15(21)24-2)18(25-14)19-17(22)12-7-4-3-5-8-12/h6,9-10,12H,3-5,7-8,11H2,1-2H3. The molecule has 0 bridgehead atoms. The lowest BCUT2D eigenvalue weighted by atomic mass is 9.89. The van der Waals surface area contributed by atoms with E-state index in [1.807, 2.05) is 18.2 Å². The second kappa shape index (κ2) is 7.82. The minimum absolute atomic E-state index is 0.00630. The molecule has 2 aromatic rings. The SMILES string of the molecule is COC(=O)Cn1c(=NC(=O)C2CCCCC2)sc2cccc(OC)c21. The first-order valence-electron chi connectivity index (χ1n) is 8.45. The molecule has 1 amide bonds. The number of fused-ring (bicyclic) bond motifs is 1. The average molecular weight is 362 g/mol. The van der Waals surface area contributed by atoms with Crippen LogP contribution in [-0.2, 0) is 20.9 Å². The number of hydrogen-bond donors (Lipinski definition) is 0. The zero-order valence-corrected chi connectivity index (χ0v) is 15.3. The molecule has 0 saturated heterocycles. The minimum atomic E-state index is -0.392. The lowest BCUT2D eigenvalue weighted by Crippen LogP contribution is -2.25. The third-order valence-corrected chi connectivity index (χ3v) is 5.60. The molecule has 0 N–H and O–H groups in total. The minimum Gasteiger partial charge on any atom is -0.495 e. The third kappa shape index (κ3) is 3.76. The fourth-order valence-corrected chi connectivity index (χ4v) is 4.28. The predicted molar refractivity (Wildman–Crippen MR) is 95.5 cm³/mol. The van der Waals surface area contributed by atoms with E-state index < -0.39 is 5.97 Å². The number of methoxy groups -OCH3 is 2. The molecule has 1 saturated carbocycles. The Balaban J connectivity index is 2.09. The van der Waals surface area contributed by atoms with E-state index in [9.17, 15) is 9.59 Å². The molecular weight excluding hydrogens is 340 g/mol. The highest BCUT2D eigenvalue weighted by Crippen LogP contribution is 2.28. The molecule has 134 valence electrons. The van der Waals surface area contributed by atoms with Crippen LogP contribution in [0.25, 0.3) is 10.2 Å². The zero-order valence-electron chi connectivity index (χ0n) is 14.5. The number of carbonyl (C=O) groups is 2. The predicted octanol–water partition coefficient (Wildman–Crippen LogP) is 2.89. The summed E-state index contributed by atoms with van der Waals surface area (Å²) >= 11 is 1.39. The first-order valence-corrected chi connectivity index (χ1v) is 9.27.